The van der Waals surface area contributed by atoms with Crippen LogP contribution in [0.4, 0.5) is 0 Å². The number of Topliss-reactive ketones (excluding diaryl/α,β-unsaturated/α-hetero) is 1. The van der Waals surface area contributed by atoms with E-state index in [0.717, 1.165) is 19.3 Å². The van der Waals surface area contributed by atoms with E-state index >= 15 is 0 Å². The van der Waals surface area contributed by atoms with Crippen molar-refractivity contribution in [1.29, 1.82) is 0 Å². The molecule has 0 unspecified atom stereocenters. The second-order valence-corrected chi connectivity index (χ2v) is 5.85. The maximum absolute atomic E-state index is 11.0. The number of hydrogen-bond acceptors (Lipinski definition) is 1. The summed E-state index contributed by atoms with van der Waals surface area (Å²) in [7, 11) is 0. The zero-order chi connectivity index (χ0) is 12.9. The van der Waals surface area contributed by atoms with E-state index in [1.54, 1.807) is 6.92 Å². The molecule has 0 N–H and O–H groups in total. The lowest BCUT2D eigenvalue weighted by Gasteiger charge is -2.24. The van der Waals surface area contributed by atoms with Crippen LogP contribution in [-0.4, -0.2) is 5.78 Å². The molecule has 0 bridgehead atoms. The summed E-state index contributed by atoms with van der Waals surface area (Å²) in [4.78, 5) is 11.0. The van der Waals surface area contributed by atoms with Gasteiger partial charge in [0.05, 0.1) is 0 Å². The van der Waals surface area contributed by atoms with Crippen molar-refractivity contribution >= 4 is 5.78 Å². The summed E-state index contributed by atoms with van der Waals surface area (Å²) in [6, 6.07) is 8.74. The highest BCUT2D eigenvalue weighted by atomic mass is 16.1. The summed E-state index contributed by atoms with van der Waals surface area (Å²) in [5.74, 6) is 0.299. The van der Waals surface area contributed by atoms with Gasteiger partial charge in [0.25, 0.3) is 0 Å². The average molecular weight is 232 g/mol. The lowest BCUT2D eigenvalue weighted by molar-refractivity contribution is -0.117. The summed E-state index contributed by atoms with van der Waals surface area (Å²) < 4.78 is 0. The minimum atomic E-state index is 0.260. The molecule has 1 heteroatoms. The highest BCUT2D eigenvalue weighted by Gasteiger charge is 2.18. The third kappa shape index (κ3) is 5.67. The van der Waals surface area contributed by atoms with E-state index in [9.17, 15) is 4.79 Å². The van der Waals surface area contributed by atoms with Crippen LogP contribution in [0, 0.1) is 12.3 Å². The molecule has 1 aromatic rings. The van der Waals surface area contributed by atoms with Gasteiger partial charge in [0.15, 0.2) is 0 Å². The third-order valence-corrected chi connectivity index (χ3v) is 3.36. The molecule has 0 atom stereocenters. The first-order valence-electron chi connectivity index (χ1n) is 6.44. The SMILES string of the molecule is CC(=O)CCC(C)(C)CCc1ccc(C)cc1. The van der Waals surface area contributed by atoms with Crippen molar-refractivity contribution in [1.82, 2.24) is 0 Å². The number of hydrogen-bond donors (Lipinski definition) is 0. The Labute approximate surface area is 105 Å². The second-order valence-electron chi connectivity index (χ2n) is 5.85. The summed E-state index contributed by atoms with van der Waals surface area (Å²) in [6.45, 7) is 8.30. The lowest BCUT2D eigenvalue weighted by Crippen LogP contribution is -2.14. The molecule has 1 rings (SSSR count). The van der Waals surface area contributed by atoms with Gasteiger partial charge in [0.1, 0.15) is 5.78 Å². The minimum absolute atomic E-state index is 0.260. The van der Waals surface area contributed by atoms with Crippen LogP contribution >= 0.6 is 0 Å². The fourth-order valence-corrected chi connectivity index (χ4v) is 1.88. The second kappa shape index (κ2) is 6.00. The van der Waals surface area contributed by atoms with Crippen molar-refractivity contribution in [3.63, 3.8) is 0 Å². The number of rotatable bonds is 6. The number of carbonyl (C=O) groups excluding carboxylic acids is 1. The van der Waals surface area contributed by atoms with Gasteiger partial charge >= 0.3 is 0 Å². The molecule has 0 spiro atoms. The summed E-state index contributed by atoms with van der Waals surface area (Å²) >= 11 is 0. The van der Waals surface area contributed by atoms with Crippen molar-refractivity contribution in [3.05, 3.63) is 35.4 Å². The van der Waals surface area contributed by atoms with E-state index in [1.165, 1.54) is 11.1 Å². The predicted octanol–water partition coefficient (Wildman–Crippen LogP) is 4.32. The van der Waals surface area contributed by atoms with Gasteiger partial charge in [0.2, 0.25) is 0 Å². The first-order valence-corrected chi connectivity index (χ1v) is 6.44. The smallest absolute Gasteiger partial charge is 0.129 e. The number of ketones is 1. The van der Waals surface area contributed by atoms with E-state index in [2.05, 4.69) is 45.0 Å². The molecule has 0 saturated heterocycles. The molecule has 0 aliphatic carbocycles. The third-order valence-electron chi connectivity index (χ3n) is 3.36. The number of benzene rings is 1. The van der Waals surface area contributed by atoms with Gasteiger partial charge in [-0.25, -0.2) is 0 Å². The van der Waals surface area contributed by atoms with Crippen molar-refractivity contribution in [2.45, 2.75) is 53.4 Å². The van der Waals surface area contributed by atoms with Crippen LogP contribution in [-0.2, 0) is 11.2 Å². The normalized spacial score (nSPS) is 11.5. The Morgan fingerprint density at radius 3 is 2.24 bits per heavy atom. The molecule has 0 radical (unpaired) electrons. The minimum Gasteiger partial charge on any atom is -0.300 e. The fraction of sp³-hybridized carbons (Fsp3) is 0.562. The van der Waals surface area contributed by atoms with Crippen molar-refractivity contribution in [2.75, 3.05) is 0 Å². The van der Waals surface area contributed by atoms with Crippen LogP contribution in [0.3, 0.4) is 0 Å². The summed E-state index contributed by atoms with van der Waals surface area (Å²) in [5.41, 5.74) is 2.97. The van der Waals surface area contributed by atoms with E-state index in [4.69, 9.17) is 0 Å². The predicted molar refractivity (Wildman–Crippen MR) is 73.2 cm³/mol. The Kier molecular flexibility index (Phi) is 4.92. The molecule has 0 aliphatic rings. The van der Waals surface area contributed by atoms with Gasteiger partial charge < -0.3 is 4.79 Å². The van der Waals surface area contributed by atoms with E-state index in [0.29, 0.717) is 12.2 Å². The molecule has 17 heavy (non-hydrogen) atoms. The van der Waals surface area contributed by atoms with Crippen molar-refractivity contribution in [2.24, 2.45) is 5.41 Å². The van der Waals surface area contributed by atoms with Crippen LogP contribution < -0.4 is 0 Å². The molecule has 0 fully saturated rings. The quantitative estimate of drug-likeness (QED) is 0.713. The van der Waals surface area contributed by atoms with Gasteiger partial charge in [-0.3, -0.25) is 0 Å². The molecule has 94 valence electrons. The Balaban J connectivity index is 2.43. The van der Waals surface area contributed by atoms with Crippen molar-refractivity contribution in [3.8, 4) is 0 Å². The van der Waals surface area contributed by atoms with Gasteiger partial charge in [-0.15, -0.1) is 0 Å². The van der Waals surface area contributed by atoms with E-state index in [1.807, 2.05) is 0 Å². The summed E-state index contributed by atoms with van der Waals surface area (Å²) in [6.07, 6.45) is 3.95. The van der Waals surface area contributed by atoms with Crippen molar-refractivity contribution < 1.29 is 4.79 Å². The number of aryl methyl sites for hydroxylation is 2. The Morgan fingerprint density at radius 2 is 1.71 bits per heavy atom. The number of carbonyl (C=O) groups is 1. The van der Waals surface area contributed by atoms with Crippen LogP contribution in [0.2, 0.25) is 0 Å². The van der Waals surface area contributed by atoms with Gasteiger partial charge in [-0.1, -0.05) is 43.7 Å². The fourth-order valence-electron chi connectivity index (χ4n) is 1.88. The largest absolute Gasteiger partial charge is 0.300 e. The van der Waals surface area contributed by atoms with Crippen LogP contribution in [0.25, 0.3) is 0 Å². The standard InChI is InChI=1S/C16H24O/c1-13-5-7-15(8-6-13)10-12-16(3,4)11-9-14(2)17/h5-8H,9-12H2,1-4H3. The summed E-state index contributed by atoms with van der Waals surface area (Å²) in [5, 5.41) is 0. The molecule has 0 heterocycles. The molecule has 1 nitrogen and oxygen atoms in total. The molecule has 0 aromatic heterocycles. The van der Waals surface area contributed by atoms with Crippen LogP contribution in [0.1, 0.15) is 51.2 Å². The van der Waals surface area contributed by atoms with Gasteiger partial charge in [-0.05, 0) is 44.1 Å². The Hall–Kier alpha value is -1.11. The van der Waals surface area contributed by atoms with Gasteiger partial charge in [0, 0.05) is 6.42 Å². The van der Waals surface area contributed by atoms with E-state index in [-0.39, 0.29) is 5.41 Å². The zero-order valence-electron chi connectivity index (χ0n) is 11.5. The monoisotopic (exact) mass is 232 g/mol. The molecular formula is C16H24O. The zero-order valence-corrected chi connectivity index (χ0v) is 11.5. The first kappa shape index (κ1) is 14.0. The maximum Gasteiger partial charge on any atom is 0.129 e. The molecule has 0 aliphatic heterocycles. The Morgan fingerprint density at radius 1 is 1.12 bits per heavy atom. The maximum atomic E-state index is 11.0. The van der Waals surface area contributed by atoms with Gasteiger partial charge in [-0.2, -0.15) is 0 Å². The lowest BCUT2D eigenvalue weighted by atomic mass is 9.81. The first-order chi connectivity index (χ1) is 7.89. The van der Waals surface area contributed by atoms with E-state index < -0.39 is 0 Å². The van der Waals surface area contributed by atoms with Crippen LogP contribution in [0.15, 0.2) is 24.3 Å². The highest BCUT2D eigenvalue weighted by Crippen LogP contribution is 2.28. The van der Waals surface area contributed by atoms with Crippen LogP contribution in [0.5, 0.6) is 0 Å². The molecule has 1 aromatic carbocycles. The highest BCUT2D eigenvalue weighted by molar-refractivity contribution is 5.75. The molecule has 0 amide bonds. The average Bonchev–Trinajstić information content (AvgIpc) is 2.26. The molecular weight excluding hydrogens is 208 g/mol. The Bertz CT molecular complexity index is 360. The topological polar surface area (TPSA) is 17.1 Å². The molecule has 0 saturated carbocycles.